The van der Waals surface area contributed by atoms with Gasteiger partial charge in [0.25, 0.3) is 0 Å². The molecule has 6 nitrogen and oxygen atoms in total. The van der Waals surface area contributed by atoms with E-state index in [0.29, 0.717) is 30.8 Å². The summed E-state index contributed by atoms with van der Waals surface area (Å²) in [6.07, 6.45) is 3.09. The van der Waals surface area contributed by atoms with E-state index in [0.717, 1.165) is 11.5 Å². The van der Waals surface area contributed by atoms with Crippen LogP contribution >= 0.6 is 15.9 Å². The van der Waals surface area contributed by atoms with E-state index in [-0.39, 0.29) is 6.09 Å². The Labute approximate surface area is 139 Å². The summed E-state index contributed by atoms with van der Waals surface area (Å²) in [5.41, 5.74) is 0.265. The number of anilines is 1. The Kier molecular flexibility index (Phi) is 5.05. The minimum absolute atomic E-state index is 0.266. The number of hydrogen-bond acceptors (Lipinski definition) is 5. The Morgan fingerprint density at radius 1 is 1.36 bits per heavy atom. The Hall–Kier alpha value is -1.63. The standard InChI is InChI=1S/C15H21BrN4O2/c1-5-11-13(17-10-12(16)18-11)19-6-8-20(9-7-19)14(21)22-15(2,3)4/h5,10H,1,6-9H2,2-4H3. The van der Waals surface area contributed by atoms with Crippen LogP contribution in [0, 0.1) is 0 Å². The van der Waals surface area contributed by atoms with Crippen LogP contribution in [0.5, 0.6) is 0 Å². The van der Waals surface area contributed by atoms with Crippen molar-refractivity contribution in [2.75, 3.05) is 31.1 Å². The van der Waals surface area contributed by atoms with Crippen LogP contribution in [0.25, 0.3) is 6.08 Å². The number of nitrogens with zero attached hydrogens (tertiary/aromatic N) is 4. The van der Waals surface area contributed by atoms with E-state index in [2.05, 4.69) is 37.4 Å². The van der Waals surface area contributed by atoms with Crippen molar-refractivity contribution in [1.82, 2.24) is 14.9 Å². The first-order valence-corrected chi connectivity index (χ1v) is 7.97. The van der Waals surface area contributed by atoms with Gasteiger partial charge in [0.2, 0.25) is 0 Å². The Morgan fingerprint density at radius 2 is 2.00 bits per heavy atom. The van der Waals surface area contributed by atoms with E-state index in [1.807, 2.05) is 20.8 Å². The van der Waals surface area contributed by atoms with Crippen molar-refractivity contribution >= 4 is 33.9 Å². The number of carbonyl (C=O) groups excluding carboxylic acids is 1. The predicted molar refractivity (Wildman–Crippen MR) is 89.8 cm³/mol. The molecular formula is C15H21BrN4O2. The number of rotatable bonds is 2. The molecule has 2 heterocycles. The normalized spacial score (nSPS) is 15.6. The lowest BCUT2D eigenvalue weighted by atomic mass is 10.2. The van der Waals surface area contributed by atoms with Crippen LogP contribution in [0.1, 0.15) is 26.5 Å². The first-order valence-electron chi connectivity index (χ1n) is 7.18. The summed E-state index contributed by atoms with van der Waals surface area (Å²) in [5.74, 6) is 0.794. The fourth-order valence-electron chi connectivity index (χ4n) is 2.18. The highest BCUT2D eigenvalue weighted by Gasteiger charge is 2.27. The highest BCUT2D eigenvalue weighted by atomic mass is 79.9. The molecule has 0 spiro atoms. The number of ether oxygens (including phenoxy) is 1. The molecule has 0 aromatic carbocycles. The topological polar surface area (TPSA) is 58.6 Å². The quantitative estimate of drug-likeness (QED) is 0.802. The zero-order chi connectivity index (χ0) is 16.3. The monoisotopic (exact) mass is 368 g/mol. The number of carbonyl (C=O) groups is 1. The highest BCUT2D eigenvalue weighted by Crippen LogP contribution is 2.21. The van der Waals surface area contributed by atoms with Gasteiger partial charge in [0, 0.05) is 26.2 Å². The largest absolute Gasteiger partial charge is 0.444 e. The molecule has 22 heavy (non-hydrogen) atoms. The molecule has 1 amide bonds. The van der Waals surface area contributed by atoms with E-state index in [1.54, 1.807) is 17.2 Å². The summed E-state index contributed by atoms with van der Waals surface area (Å²) < 4.78 is 6.08. The Balaban J connectivity index is 2.01. The molecule has 1 aliphatic rings. The average molecular weight is 369 g/mol. The summed E-state index contributed by atoms with van der Waals surface area (Å²) in [6, 6.07) is 0. The van der Waals surface area contributed by atoms with Crippen molar-refractivity contribution in [2.45, 2.75) is 26.4 Å². The highest BCUT2D eigenvalue weighted by molar-refractivity contribution is 9.10. The molecule has 1 aromatic rings. The SMILES string of the molecule is C=Cc1nc(Br)cnc1N1CCN(C(=O)OC(C)(C)C)CC1. The fraction of sp³-hybridized carbons (Fsp3) is 0.533. The lowest BCUT2D eigenvalue weighted by molar-refractivity contribution is 0.0240. The van der Waals surface area contributed by atoms with Crippen molar-refractivity contribution in [1.29, 1.82) is 0 Å². The Morgan fingerprint density at radius 3 is 2.55 bits per heavy atom. The summed E-state index contributed by atoms with van der Waals surface area (Å²) >= 11 is 3.31. The first kappa shape index (κ1) is 16.7. The molecule has 1 aromatic heterocycles. The first-order chi connectivity index (χ1) is 10.3. The van der Waals surface area contributed by atoms with Gasteiger partial charge in [-0.1, -0.05) is 6.58 Å². The molecule has 0 N–H and O–H groups in total. The zero-order valence-corrected chi connectivity index (χ0v) is 14.8. The maximum atomic E-state index is 12.1. The number of amides is 1. The van der Waals surface area contributed by atoms with Crippen LogP contribution < -0.4 is 4.90 Å². The molecule has 0 atom stereocenters. The van der Waals surface area contributed by atoms with Gasteiger partial charge in [-0.15, -0.1) is 0 Å². The molecule has 1 saturated heterocycles. The fourth-order valence-corrected chi connectivity index (χ4v) is 2.48. The molecule has 120 valence electrons. The molecule has 0 saturated carbocycles. The number of hydrogen-bond donors (Lipinski definition) is 0. The van der Waals surface area contributed by atoms with Crippen molar-refractivity contribution in [3.8, 4) is 0 Å². The second-order valence-corrected chi connectivity index (χ2v) is 6.87. The van der Waals surface area contributed by atoms with Gasteiger partial charge < -0.3 is 14.5 Å². The maximum Gasteiger partial charge on any atom is 0.410 e. The molecule has 0 aliphatic carbocycles. The third-order valence-corrected chi connectivity index (χ3v) is 3.56. The second kappa shape index (κ2) is 6.64. The van der Waals surface area contributed by atoms with Crippen LogP contribution in [0.2, 0.25) is 0 Å². The number of piperazine rings is 1. The van der Waals surface area contributed by atoms with Crippen LogP contribution in [0.15, 0.2) is 17.4 Å². The van der Waals surface area contributed by atoms with Gasteiger partial charge in [0.15, 0.2) is 5.82 Å². The molecule has 0 unspecified atom stereocenters. The van der Waals surface area contributed by atoms with Crippen LogP contribution in [0.3, 0.4) is 0 Å². The minimum atomic E-state index is -0.471. The van der Waals surface area contributed by atoms with Crippen LogP contribution in [-0.4, -0.2) is 52.7 Å². The second-order valence-electron chi connectivity index (χ2n) is 6.06. The van der Waals surface area contributed by atoms with Gasteiger partial charge >= 0.3 is 6.09 Å². The van der Waals surface area contributed by atoms with E-state index in [9.17, 15) is 4.79 Å². The number of halogens is 1. The average Bonchev–Trinajstić information content (AvgIpc) is 2.45. The molecule has 0 bridgehead atoms. The predicted octanol–water partition coefficient (Wildman–Crippen LogP) is 2.94. The van der Waals surface area contributed by atoms with Gasteiger partial charge in [-0.2, -0.15) is 0 Å². The lowest BCUT2D eigenvalue weighted by Gasteiger charge is -2.36. The molecule has 1 aliphatic heterocycles. The van der Waals surface area contributed by atoms with E-state index >= 15 is 0 Å². The third kappa shape index (κ3) is 4.19. The molecule has 1 fully saturated rings. The van der Waals surface area contributed by atoms with Crippen LogP contribution in [0.4, 0.5) is 10.6 Å². The molecule has 0 radical (unpaired) electrons. The number of aromatic nitrogens is 2. The lowest BCUT2D eigenvalue weighted by Crippen LogP contribution is -2.50. The summed E-state index contributed by atoms with van der Waals surface area (Å²) in [5, 5.41) is 0. The molecular weight excluding hydrogens is 348 g/mol. The summed E-state index contributed by atoms with van der Waals surface area (Å²) in [4.78, 5) is 24.7. The van der Waals surface area contributed by atoms with Crippen molar-refractivity contribution in [2.24, 2.45) is 0 Å². The Bertz CT molecular complexity index is 563. The van der Waals surface area contributed by atoms with Gasteiger partial charge in [-0.3, -0.25) is 0 Å². The van der Waals surface area contributed by atoms with Gasteiger partial charge in [0.05, 0.1) is 6.20 Å². The van der Waals surface area contributed by atoms with Crippen molar-refractivity contribution in [3.05, 3.63) is 23.1 Å². The molecule has 7 heteroatoms. The van der Waals surface area contributed by atoms with Crippen molar-refractivity contribution in [3.63, 3.8) is 0 Å². The maximum absolute atomic E-state index is 12.1. The van der Waals surface area contributed by atoms with Gasteiger partial charge in [-0.05, 0) is 42.8 Å². The summed E-state index contributed by atoms with van der Waals surface area (Å²) in [6.45, 7) is 12.0. The minimum Gasteiger partial charge on any atom is -0.444 e. The van der Waals surface area contributed by atoms with E-state index < -0.39 is 5.60 Å². The van der Waals surface area contributed by atoms with E-state index in [4.69, 9.17) is 4.74 Å². The summed E-state index contributed by atoms with van der Waals surface area (Å²) in [7, 11) is 0. The molecule has 2 rings (SSSR count). The van der Waals surface area contributed by atoms with Crippen molar-refractivity contribution < 1.29 is 9.53 Å². The van der Waals surface area contributed by atoms with Gasteiger partial charge in [0.1, 0.15) is 15.9 Å². The zero-order valence-electron chi connectivity index (χ0n) is 13.2. The van der Waals surface area contributed by atoms with Crippen LogP contribution in [-0.2, 0) is 4.74 Å². The smallest absolute Gasteiger partial charge is 0.410 e. The van der Waals surface area contributed by atoms with Gasteiger partial charge in [-0.25, -0.2) is 14.8 Å². The van der Waals surface area contributed by atoms with E-state index in [1.165, 1.54) is 0 Å². The third-order valence-electron chi connectivity index (χ3n) is 3.17.